The summed E-state index contributed by atoms with van der Waals surface area (Å²) in [4.78, 5) is 0. The van der Waals surface area contributed by atoms with Crippen LogP contribution in [0.4, 0.5) is 0 Å². The highest BCUT2D eigenvalue weighted by Gasteiger charge is 2.40. The fourth-order valence-corrected chi connectivity index (χ4v) is 5.51. The van der Waals surface area contributed by atoms with E-state index in [9.17, 15) is 0 Å². The normalized spacial score (nSPS) is 21.8. The van der Waals surface area contributed by atoms with Gasteiger partial charge in [-0.1, -0.05) is 92.6 Å². The third kappa shape index (κ3) is 5.58. The van der Waals surface area contributed by atoms with Crippen LogP contribution < -0.4 is 9.47 Å². The van der Waals surface area contributed by atoms with Gasteiger partial charge in [-0.3, -0.25) is 0 Å². The molecule has 3 unspecified atom stereocenters. The molecule has 3 aromatic rings. The second kappa shape index (κ2) is 10.6. The molecular weight excluding hydrogens is 432 g/mol. The number of ether oxygens (including phenoxy) is 2. The Balaban J connectivity index is 1.47. The molecule has 0 saturated heterocycles. The van der Waals surface area contributed by atoms with Crippen LogP contribution in [0.1, 0.15) is 69.2 Å². The average Bonchev–Trinajstić information content (AvgIpc) is 3.72. The number of benzene rings is 2. The van der Waals surface area contributed by atoms with Crippen molar-refractivity contribution in [1.82, 2.24) is 10.2 Å². The minimum absolute atomic E-state index is 0.311. The summed E-state index contributed by atoms with van der Waals surface area (Å²) >= 11 is 0. The zero-order chi connectivity index (χ0) is 24.2. The molecule has 2 aliphatic rings. The fraction of sp³-hybridized carbons (Fsp3) is 0.419. The largest absolute Gasteiger partial charge is 0.483 e. The average molecular weight is 469 g/mol. The lowest BCUT2D eigenvalue weighted by Gasteiger charge is -2.39. The molecule has 3 atom stereocenters. The van der Waals surface area contributed by atoms with E-state index in [2.05, 4.69) is 56.2 Å². The van der Waals surface area contributed by atoms with Crippen LogP contribution in [0.2, 0.25) is 0 Å². The van der Waals surface area contributed by atoms with Gasteiger partial charge in [0, 0.05) is 12.0 Å². The maximum absolute atomic E-state index is 6.33. The SMILES string of the molecule is CC1CCC(C(C)C)C(c2cc(OCc3ccccc3)c(OCc3ccccc3)nn2)C1=C1CC1. The Morgan fingerprint density at radius 3 is 2.06 bits per heavy atom. The van der Waals surface area contributed by atoms with E-state index in [0.717, 1.165) is 16.8 Å². The molecule has 0 aliphatic heterocycles. The summed E-state index contributed by atoms with van der Waals surface area (Å²) in [5.41, 5.74) is 6.50. The van der Waals surface area contributed by atoms with Crippen molar-refractivity contribution < 1.29 is 9.47 Å². The first-order chi connectivity index (χ1) is 17.1. The van der Waals surface area contributed by atoms with Crippen LogP contribution in [-0.4, -0.2) is 10.2 Å². The van der Waals surface area contributed by atoms with Gasteiger partial charge in [-0.25, -0.2) is 0 Å². The van der Waals surface area contributed by atoms with E-state index in [1.54, 1.807) is 11.1 Å². The number of aromatic nitrogens is 2. The zero-order valence-corrected chi connectivity index (χ0v) is 21.1. The van der Waals surface area contributed by atoms with Gasteiger partial charge in [-0.05, 0) is 54.6 Å². The molecule has 2 aliphatic carbocycles. The van der Waals surface area contributed by atoms with E-state index in [1.807, 2.05) is 36.4 Å². The third-order valence-electron chi connectivity index (χ3n) is 7.51. The number of hydrogen-bond donors (Lipinski definition) is 0. The molecule has 0 bridgehead atoms. The lowest BCUT2D eigenvalue weighted by Crippen LogP contribution is -2.29. The Hall–Kier alpha value is -3.14. The Morgan fingerprint density at radius 1 is 0.829 bits per heavy atom. The molecule has 1 heterocycles. The first kappa shape index (κ1) is 23.6. The highest BCUT2D eigenvalue weighted by Crippen LogP contribution is 2.52. The molecule has 2 saturated carbocycles. The molecular formula is C31H36N2O2. The monoisotopic (exact) mass is 468 g/mol. The van der Waals surface area contributed by atoms with Crippen molar-refractivity contribution in [2.24, 2.45) is 17.8 Å². The highest BCUT2D eigenvalue weighted by atomic mass is 16.5. The second-order valence-electron chi connectivity index (χ2n) is 10.4. The van der Waals surface area contributed by atoms with E-state index in [-0.39, 0.29) is 0 Å². The van der Waals surface area contributed by atoms with Crippen LogP contribution in [0.15, 0.2) is 77.9 Å². The van der Waals surface area contributed by atoms with E-state index >= 15 is 0 Å². The maximum atomic E-state index is 6.33. The van der Waals surface area contributed by atoms with Crippen molar-refractivity contribution in [2.75, 3.05) is 0 Å². The predicted octanol–water partition coefficient (Wildman–Crippen LogP) is 7.51. The van der Waals surface area contributed by atoms with Gasteiger partial charge in [0.15, 0.2) is 5.75 Å². The Bertz CT molecular complexity index is 1150. The molecule has 0 spiro atoms. The Labute approximate surface area is 209 Å². The van der Waals surface area contributed by atoms with Gasteiger partial charge in [0.2, 0.25) is 0 Å². The lowest BCUT2D eigenvalue weighted by molar-refractivity contribution is 0.234. The van der Waals surface area contributed by atoms with Gasteiger partial charge >= 0.3 is 0 Å². The minimum Gasteiger partial charge on any atom is -0.483 e. The quantitative estimate of drug-likeness (QED) is 0.321. The van der Waals surface area contributed by atoms with E-state index in [1.165, 1.54) is 25.7 Å². The van der Waals surface area contributed by atoms with E-state index in [0.29, 0.717) is 48.5 Å². The lowest BCUT2D eigenvalue weighted by atomic mass is 9.65. The van der Waals surface area contributed by atoms with Gasteiger partial charge in [-0.15, -0.1) is 5.10 Å². The smallest absolute Gasteiger partial charge is 0.276 e. The van der Waals surface area contributed by atoms with Crippen molar-refractivity contribution in [2.45, 2.75) is 65.6 Å². The van der Waals surface area contributed by atoms with Crippen LogP contribution in [-0.2, 0) is 13.2 Å². The summed E-state index contributed by atoms with van der Waals surface area (Å²) in [6.45, 7) is 7.99. The third-order valence-corrected chi connectivity index (χ3v) is 7.51. The summed E-state index contributed by atoms with van der Waals surface area (Å²) in [6, 6.07) is 22.5. The van der Waals surface area contributed by atoms with Gasteiger partial charge in [0.25, 0.3) is 5.88 Å². The topological polar surface area (TPSA) is 44.2 Å². The maximum Gasteiger partial charge on any atom is 0.276 e. The molecule has 0 amide bonds. The molecule has 0 N–H and O–H groups in total. The van der Waals surface area contributed by atoms with Crippen LogP contribution >= 0.6 is 0 Å². The Morgan fingerprint density at radius 2 is 1.46 bits per heavy atom. The number of rotatable bonds is 8. The molecule has 1 aromatic heterocycles. The Kier molecular flexibility index (Phi) is 7.17. The number of hydrogen-bond acceptors (Lipinski definition) is 4. The van der Waals surface area contributed by atoms with Crippen molar-refractivity contribution in [3.63, 3.8) is 0 Å². The zero-order valence-electron chi connectivity index (χ0n) is 21.1. The van der Waals surface area contributed by atoms with Crippen LogP contribution in [0.5, 0.6) is 11.6 Å². The molecule has 2 fully saturated rings. The van der Waals surface area contributed by atoms with Crippen molar-refractivity contribution >= 4 is 0 Å². The molecule has 182 valence electrons. The summed E-state index contributed by atoms with van der Waals surface area (Å²) in [5, 5.41) is 9.36. The summed E-state index contributed by atoms with van der Waals surface area (Å²) in [7, 11) is 0. The molecule has 4 heteroatoms. The summed E-state index contributed by atoms with van der Waals surface area (Å²) < 4.78 is 12.5. The van der Waals surface area contributed by atoms with Gasteiger partial charge in [0.1, 0.15) is 13.2 Å². The second-order valence-corrected chi connectivity index (χ2v) is 10.4. The summed E-state index contributed by atoms with van der Waals surface area (Å²) in [5.74, 6) is 3.21. The van der Waals surface area contributed by atoms with Gasteiger partial charge < -0.3 is 9.47 Å². The first-order valence-electron chi connectivity index (χ1n) is 13.0. The predicted molar refractivity (Wildman–Crippen MR) is 139 cm³/mol. The summed E-state index contributed by atoms with van der Waals surface area (Å²) in [6.07, 6.45) is 4.98. The minimum atomic E-state index is 0.311. The molecule has 4 nitrogen and oxygen atoms in total. The van der Waals surface area contributed by atoms with Crippen molar-refractivity contribution in [3.05, 3.63) is 94.7 Å². The van der Waals surface area contributed by atoms with Crippen LogP contribution in [0.3, 0.4) is 0 Å². The van der Waals surface area contributed by atoms with E-state index in [4.69, 9.17) is 14.6 Å². The number of allylic oxidation sites excluding steroid dienone is 2. The van der Waals surface area contributed by atoms with Crippen LogP contribution in [0, 0.1) is 17.8 Å². The van der Waals surface area contributed by atoms with Gasteiger partial charge in [0.05, 0.1) is 5.69 Å². The molecule has 35 heavy (non-hydrogen) atoms. The first-order valence-corrected chi connectivity index (χ1v) is 13.0. The molecule has 2 aromatic carbocycles. The standard InChI is InChI=1S/C31H36N2O2/c1-21(2)26-17-14-22(3)29(25-15-16-25)30(26)27-18-28(34-19-23-10-6-4-7-11-23)31(33-32-27)35-20-24-12-8-5-9-13-24/h4-13,18,21-22,26,30H,14-17,19-20H2,1-3H3. The van der Waals surface area contributed by atoms with Gasteiger partial charge in [-0.2, -0.15) is 5.10 Å². The van der Waals surface area contributed by atoms with Crippen LogP contribution in [0.25, 0.3) is 0 Å². The fourth-order valence-electron chi connectivity index (χ4n) is 5.51. The number of nitrogens with zero attached hydrogens (tertiary/aromatic N) is 2. The van der Waals surface area contributed by atoms with Crippen molar-refractivity contribution in [3.8, 4) is 11.6 Å². The molecule has 0 radical (unpaired) electrons. The molecule has 5 rings (SSSR count). The van der Waals surface area contributed by atoms with Crippen molar-refractivity contribution in [1.29, 1.82) is 0 Å². The van der Waals surface area contributed by atoms with E-state index < -0.39 is 0 Å². The highest BCUT2D eigenvalue weighted by molar-refractivity contribution is 5.42.